The van der Waals surface area contributed by atoms with Crippen LogP contribution in [0.25, 0.3) is 0 Å². The van der Waals surface area contributed by atoms with E-state index in [1.165, 1.54) is 16.2 Å². The minimum Gasteiger partial charge on any atom is -0.339 e. The highest BCUT2D eigenvalue weighted by molar-refractivity contribution is 7.13. The molecule has 2 heterocycles. The molecule has 1 aliphatic rings. The second-order valence-electron chi connectivity index (χ2n) is 6.53. The first-order chi connectivity index (χ1) is 10.7. The van der Waals surface area contributed by atoms with Crippen LogP contribution in [0.3, 0.4) is 0 Å². The molecule has 23 heavy (non-hydrogen) atoms. The van der Waals surface area contributed by atoms with E-state index in [9.17, 15) is 14.4 Å². The van der Waals surface area contributed by atoms with Crippen molar-refractivity contribution in [2.45, 2.75) is 59.5 Å². The number of carbonyl (C=O) groups excluding carboxylic acids is 3. The number of nitrogens with zero attached hydrogens (tertiary/aromatic N) is 2. The van der Waals surface area contributed by atoms with Crippen molar-refractivity contribution in [3.8, 4) is 0 Å². The molecule has 0 bridgehead atoms. The minimum atomic E-state index is -0.772. The van der Waals surface area contributed by atoms with E-state index >= 15 is 0 Å². The van der Waals surface area contributed by atoms with Crippen molar-refractivity contribution in [3.05, 3.63) is 15.6 Å². The Morgan fingerprint density at radius 3 is 2.52 bits per heavy atom. The number of aromatic nitrogens is 1. The summed E-state index contributed by atoms with van der Waals surface area (Å²) >= 11 is 1.32. The highest BCUT2D eigenvalue weighted by Crippen LogP contribution is 2.22. The van der Waals surface area contributed by atoms with E-state index in [0.29, 0.717) is 17.2 Å². The highest BCUT2D eigenvalue weighted by atomic mass is 32.1. The Morgan fingerprint density at radius 1 is 1.35 bits per heavy atom. The summed E-state index contributed by atoms with van der Waals surface area (Å²) in [6.45, 7) is 9.56. The van der Waals surface area contributed by atoms with Gasteiger partial charge in [0.2, 0.25) is 5.91 Å². The first-order valence-corrected chi connectivity index (χ1v) is 8.65. The molecule has 0 saturated carbocycles. The molecule has 2 rings (SSSR count). The third-order valence-corrected chi connectivity index (χ3v) is 4.63. The Labute approximate surface area is 140 Å². The zero-order chi connectivity index (χ0) is 17.3. The number of carbonyl (C=O) groups is 3. The van der Waals surface area contributed by atoms with Gasteiger partial charge >= 0.3 is 0 Å². The van der Waals surface area contributed by atoms with Crippen molar-refractivity contribution in [1.29, 1.82) is 0 Å². The summed E-state index contributed by atoms with van der Waals surface area (Å²) in [5, 5.41) is 3.53. The number of hydrogen-bond donors (Lipinski definition) is 1. The Hall–Kier alpha value is -1.76. The van der Waals surface area contributed by atoms with Gasteiger partial charge in [-0.05, 0) is 33.1 Å². The number of aryl methyl sites for hydroxylation is 1. The number of hydrogen-bond acceptors (Lipinski definition) is 5. The Morgan fingerprint density at radius 2 is 2.00 bits per heavy atom. The van der Waals surface area contributed by atoms with Crippen LogP contribution in [-0.4, -0.2) is 39.7 Å². The Bertz CT molecular complexity index is 637. The zero-order valence-electron chi connectivity index (χ0n) is 14.2. The lowest BCUT2D eigenvalue weighted by atomic mass is 10.1. The monoisotopic (exact) mass is 337 g/mol. The van der Waals surface area contributed by atoms with Gasteiger partial charge in [0.1, 0.15) is 10.9 Å². The quantitative estimate of drug-likeness (QED) is 0.833. The van der Waals surface area contributed by atoms with Gasteiger partial charge in [-0.1, -0.05) is 13.8 Å². The van der Waals surface area contributed by atoms with Gasteiger partial charge in [0, 0.05) is 6.04 Å². The van der Waals surface area contributed by atoms with Crippen molar-refractivity contribution in [3.63, 3.8) is 0 Å². The largest absolute Gasteiger partial charge is 0.339 e. The molecular weight excluding hydrogens is 314 g/mol. The van der Waals surface area contributed by atoms with Gasteiger partial charge in [0.15, 0.2) is 0 Å². The normalized spacial score (nSPS) is 18.4. The van der Waals surface area contributed by atoms with Gasteiger partial charge in [-0.3, -0.25) is 19.3 Å². The molecule has 126 valence electrons. The second-order valence-corrected chi connectivity index (χ2v) is 7.74. The molecule has 1 aromatic heterocycles. The van der Waals surface area contributed by atoms with Crippen LogP contribution < -0.4 is 5.32 Å². The predicted molar refractivity (Wildman–Crippen MR) is 88.3 cm³/mol. The lowest BCUT2D eigenvalue weighted by molar-refractivity contribution is -0.140. The summed E-state index contributed by atoms with van der Waals surface area (Å²) < 4.78 is 0. The van der Waals surface area contributed by atoms with E-state index in [0.717, 1.165) is 10.7 Å². The lowest BCUT2D eigenvalue weighted by Gasteiger charge is -2.19. The van der Waals surface area contributed by atoms with Gasteiger partial charge in [-0.2, -0.15) is 0 Å². The molecule has 0 aliphatic carbocycles. The van der Waals surface area contributed by atoms with Crippen LogP contribution in [0.1, 0.15) is 54.5 Å². The smallest absolute Gasteiger partial charge is 0.263 e. The summed E-state index contributed by atoms with van der Waals surface area (Å²) in [6.07, 6.45) is 0.739. The van der Waals surface area contributed by atoms with E-state index in [2.05, 4.69) is 24.1 Å². The molecule has 1 atom stereocenters. The lowest BCUT2D eigenvalue weighted by Crippen LogP contribution is -2.43. The molecule has 0 spiro atoms. The molecule has 1 unspecified atom stereocenters. The summed E-state index contributed by atoms with van der Waals surface area (Å²) in [5.41, 5.74) is 0.762. The number of likely N-dealkylation sites (tertiary alicyclic amines) is 1. The van der Waals surface area contributed by atoms with Crippen molar-refractivity contribution in [2.24, 2.45) is 5.92 Å². The van der Waals surface area contributed by atoms with Crippen molar-refractivity contribution >= 4 is 29.1 Å². The standard InChI is InChI=1S/C16H23N3O3S/c1-8(2)6-11-14(23-10(5)17-11)15(21)18-12-7-13(20)19(9(3)4)16(12)22/h8-9,12H,6-7H2,1-5H3,(H,18,21). The molecule has 1 fully saturated rings. The van der Waals surface area contributed by atoms with Crippen molar-refractivity contribution in [1.82, 2.24) is 15.2 Å². The molecule has 7 heteroatoms. The van der Waals surface area contributed by atoms with Crippen LogP contribution in [-0.2, 0) is 16.0 Å². The fraction of sp³-hybridized carbons (Fsp3) is 0.625. The fourth-order valence-corrected chi connectivity index (χ4v) is 3.55. The van der Waals surface area contributed by atoms with Crippen LogP contribution in [0.4, 0.5) is 0 Å². The highest BCUT2D eigenvalue weighted by Gasteiger charge is 2.41. The average Bonchev–Trinajstić information content (AvgIpc) is 2.89. The maximum absolute atomic E-state index is 12.5. The van der Waals surface area contributed by atoms with E-state index in [-0.39, 0.29) is 30.2 Å². The molecule has 6 nitrogen and oxygen atoms in total. The summed E-state index contributed by atoms with van der Waals surface area (Å²) in [5.74, 6) is -0.500. The fourth-order valence-electron chi connectivity index (χ4n) is 2.70. The molecule has 1 aliphatic heterocycles. The van der Waals surface area contributed by atoms with Crippen LogP contribution in [0.2, 0.25) is 0 Å². The van der Waals surface area contributed by atoms with Crippen LogP contribution in [0.15, 0.2) is 0 Å². The van der Waals surface area contributed by atoms with E-state index in [1.807, 2.05) is 6.92 Å². The first-order valence-electron chi connectivity index (χ1n) is 7.83. The maximum Gasteiger partial charge on any atom is 0.263 e. The van der Waals surface area contributed by atoms with Crippen molar-refractivity contribution < 1.29 is 14.4 Å². The summed E-state index contributed by atoms with van der Waals surface area (Å²) in [7, 11) is 0. The molecule has 0 aromatic carbocycles. The third kappa shape index (κ3) is 3.77. The Balaban J connectivity index is 2.14. The van der Waals surface area contributed by atoms with E-state index < -0.39 is 6.04 Å². The minimum absolute atomic E-state index is 0.0278. The van der Waals surface area contributed by atoms with Gasteiger partial charge in [0.05, 0.1) is 17.1 Å². The number of rotatable bonds is 5. The Kier molecular flexibility index (Phi) is 5.19. The number of thiazole rings is 1. The second kappa shape index (κ2) is 6.78. The van der Waals surface area contributed by atoms with Gasteiger partial charge < -0.3 is 5.32 Å². The van der Waals surface area contributed by atoms with Crippen LogP contribution in [0.5, 0.6) is 0 Å². The van der Waals surface area contributed by atoms with E-state index in [4.69, 9.17) is 0 Å². The zero-order valence-corrected chi connectivity index (χ0v) is 15.0. The first kappa shape index (κ1) is 17.6. The maximum atomic E-state index is 12.5. The van der Waals surface area contributed by atoms with Crippen LogP contribution in [0, 0.1) is 12.8 Å². The molecule has 1 saturated heterocycles. The van der Waals surface area contributed by atoms with Crippen LogP contribution >= 0.6 is 11.3 Å². The SMILES string of the molecule is Cc1nc(CC(C)C)c(C(=O)NC2CC(=O)N(C(C)C)C2=O)s1. The number of imide groups is 1. The molecule has 3 amide bonds. The summed E-state index contributed by atoms with van der Waals surface area (Å²) in [4.78, 5) is 42.9. The molecule has 0 radical (unpaired) electrons. The summed E-state index contributed by atoms with van der Waals surface area (Å²) in [6, 6.07) is -0.967. The molecule has 1 aromatic rings. The van der Waals surface area contributed by atoms with Gasteiger partial charge in [0.25, 0.3) is 11.8 Å². The third-order valence-electron chi connectivity index (χ3n) is 3.62. The number of amides is 3. The molecular formula is C16H23N3O3S. The topological polar surface area (TPSA) is 79.4 Å². The molecule has 1 N–H and O–H groups in total. The predicted octanol–water partition coefficient (Wildman–Crippen LogP) is 1.92. The van der Waals surface area contributed by atoms with E-state index in [1.54, 1.807) is 13.8 Å². The number of nitrogens with one attached hydrogen (secondary N) is 1. The van der Waals surface area contributed by atoms with Gasteiger partial charge in [-0.25, -0.2) is 4.98 Å². The average molecular weight is 337 g/mol. The van der Waals surface area contributed by atoms with Crippen molar-refractivity contribution in [2.75, 3.05) is 0 Å². The van der Waals surface area contributed by atoms with Gasteiger partial charge in [-0.15, -0.1) is 11.3 Å².